The first-order valence-electron chi connectivity index (χ1n) is 20.5. The summed E-state index contributed by atoms with van der Waals surface area (Å²) in [4.78, 5) is 11.9. The van der Waals surface area contributed by atoms with Crippen molar-refractivity contribution in [2.24, 2.45) is 0 Å². The predicted molar refractivity (Wildman–Crippen MR) is 219 cm³/mol. The number of benzene rings is 1. The van der Waals surface area contributed by atoms with Crippen LogP contribution in [0.25, 0.3) is 11.1 Å². The lowest BCUT2D eigenvalue weighted by atomic mass is 9.89. The standard InChI is InChI=1S/C40H59ClN10O8/c1-29-24-49(25-30(2)58-29)34-6-8-35(9-7-34)51-27-37(39(46-51)57-20-19-56-18-17-55-16-15-54-14-13-53-12-11-52-4)45-40-42-22-33(23-43-40)32-5-10-36(41)38(21-32)59-31(3)26-50-28-44-47-48-50/h5,10,21-23,27-31,34-35H,6-9,11-20,24-26H2,1-4H3,(H,42,43,45)/t29-,30+,31-,34?,35?/m0/s1. The van der Waals surface area contributed by atoms with Crippen molar-refractivity contribution in [1.29, 1.82) is 0 Å². The van der Waals surface area contributed by atoms with Crippen molar-refractivity contribution in [2.75, 3.05) is 91.6 Å². The number of hydrogen-bond acceptors (Lipinski definition) is 16. The largest absolute Gasteiger partial charge is 0.487 e. The van der Waals surface area contributed by atoms with E-state index in [0.717, 1.165) is 49.9 Å². The zero-order chi connectivity index (χ0) is 41.2. The molecule has 18 nitrogen and oxygen atoms in total. The minimum atomic E-state index is -0.224. The van der Waals surface area contributed by atoms with Crippen LogP contribution in [0.2, 0.25) is 5.02 Å². The Morgan fingerprint density at radius 2 is 1.46 bits per heavy atom. The molecule has 1 saturated carbocycles. The van der Waals surface area contributed by atoms with E-state index < -0.39 is 0 Å². The van der Waals surface area contributed by atoms with Crippen molar-refractivity contribution in [1.82, 2.24) is 44.9 Å². The summed E-state index contributed by atoms with van der Waals surface area (Å²) in [7, 11) is 1.65. The molecule has 3 atom stereocenters. The van der Waals surface area contributed by atoms with Gasteiger partial charge in [0, 0.05) is 44.2 Å². The zero-order valence-corrected chi connectivity index (χ0v) is 35.4. The van der Waals surface area contributed by atoms with E-state index in [9.17, 15) is 0 Å². The summed E-state index contributed by atoms with van der Waals surface area (Å²) in [6.07, 6.45) is 11.6. The first kappa shape index (κ1) is 44.5. The lowest BCUT2D eigenvalue weighted by Gasteiger charge is -2.42. The molecule has 59 heavy (non-hydrogen) atoms. The minimum Gasteiger partial charge on any atom is -0.487 e. The fourth-order valence-electron chi connectivity index (χ4n) is 7.28. The normalized spacial score (nSPS) is 20.4. The number of halogens is 1. The maximum Gasteiger partial charge on any atom is 0.257 e. The van der Waals surface area contributed by atoms with Crippen LogP contribution >= 0.6 is 11.6 Å². The van der Waals surface area contributed by atoms with Gasteiger partial charge in [0.15, 0.2) is 0 Å². The van der Waals surface area contributed by atoms with E-state index in [1.165, 1.54) is 0 Å². The van der Waals surface area contributed by atoms with E-state index in [-0.39, 0.29) is 24.4 Å². The topological polar surface area (TPSA) is 176 Å². The second kappa shape index (κ2) is 23.7. The van der Waals surface area contributed by atoms with Gasteiger partial charge in [-0.1, -0.05) is 17.7 Å². The van der Waals surface area contributed by atoms with Gasteiger partial charge in [0.25, 0.3) is 5.88 Å². The van der Waals surface area contributed by atoms with Gasteiger partial charge in [-0.05, 0) is 74.6 Å². The fourth-order valence-corrected chi connectivity index (χ4v) is 7.44. The Hall–Kier alpha value is -4.01. The van der Waals surface area contributed by atoms with Gasteiger partial charge in [-0.25, -0.2) is 14.6 Å². The SMILES string of the molecule is COCCOCCOCCOCCOCCOc1nn(C2CCC(N3C[C@@H](C)O[C@@H](C)C3)CC2)cc1Nc1ncc(-c2ccc(Cl)c(O[C@@H](C)Cn3cnnn3)c2)cn1. The van der Waals surface area contributed by atoms with Gasteiger partial charge < -0.3 is 43.2 Å². The van der Waals surface area contributed by atoms with Gasteiger partial charge in [-0.2, -0.15) is 0 Å². The van der Waals surface area contributed by atoms with Gasteiger partial charge in [0.2, 0.25) is 5.95 Å². The highest BCUT2D eigenvalue weighted by atomic mass is 35.5. The summed E-state index contributed by atoms with van der Waals surface area (Å²) < 4.78 is 49.2. The second-order valence-electron chi connectivity index (χ2n) is 14.8. The molecule has 1 aromatic carbocycles. The first-order chi connectivity index (χ1) is 28.8. The zero-order valence-electron chi connectivity index (χ0n) is 34.6. The van der Waals surface area contributed by atoms with E-state index >= 15 is 0 Å². The second-order valence-corrected chi connectivity index (χ2v) is 15.2. The van der Waals surface area contributed by atoms with Crippen molar-refractivity contribution < 1.29 is 37.9 Å². The third kappa shape index (κ3) is 14.3. The molecule has 0 bridgehead atoms. The van der Waals surface area contributed by atoms with E-state index in [1.54, 1.807) is 36.6 Å². The van der Waals surface area contributed by atoms with Gasteiger partial charge in [0.1, 0.15) is 30.5 Å². The van der Waals surface area contributed by atoms with E-state index in [1.807, 2.05) is 29.9 Å². The van der Waals surface area contributed by atoms with Crippen LogP contribution in [0, 0.1) is 0 Å². The van der Waals surface area contributed by atoms with Gasteiger partial charge in [-0.3, -0.25) is 9.58 Å². The van der Waals surface area contributed by atoms with Crippen LogP contribution in [0.3, 0.4) is 0 Å². The van der Waals surface area contributed by atoms with Crippen LogP contribution in [-0.2, 0) is 35.0 Å². The van der Waals surface area contributed by atoms with Gasteiger partial charge in [0.05, 0.1) is 95.5 Å². The molecule has 0 unspecified atom stereocenters. The van der Waals surface area contributed by atoms with Crippen molar-refractivity contribution in [3.8, 4) is 22.8 Å². The molecule has 2 aliphatic rings. The summed E-state index contributed by atoms with van der Waals surface area (Å²) >= 11 is 6.50. The Kier molecular flexibility index (Phi) is 17.9. The number of ether oxygens (including phenoxy) is 8. The summed E-state index contributed by atoms with van der Waals surface area (Å²) in [6.45, 7) is 13.4. The number of nitrogens with zero attached hydrogens (tertiary/aromatic N) is 9. The molecule has 4 heterocycles. The molecule has 6 rings (SSSR count). The molecule has 2 fully saturated rings. The number of morpholine rings is 1. The van der Waals surface area contributed by atoms with Crippen LogP contribution < -0.4 is 14.8 Å². The molecule has 324 valence electrons. The Balaban J connectivity index is 1.02. The molecular weight excluding hydrogens is 784 g/mol. The number of tetrazole rings is 1. The lowest BCUT2D eigenvalue weighted by Crippen LogP contribution is -2.51. The molecule has 0 radical (unpaired) electrons. The Morgan fingerprint density at radius 1 is 0.831 bits per heavy atom. The van der Waals surface area contributed by atoms with E-state index in [4.69, 9.17) is 54.6 Å². The van der Waals surface area contributed by atoms with E-state index in [0.29, 0.717) is 107 Å². The van der Waals surface area contributed by atoms with Crippen LogP contribution in [0.1, 0.15) is 52.5 Å². The fraction of sp³-hybridized carbons (Fsp3) is 0.650. The number of rotatable bonds is 25. The number of aromatic nitrogens is 8. The van der Waals surface area contributed by atoms with Crippen molar-refractivity contribution in [3.63, 3.8) is 0 Å². The van der Waals surface area contributed by atoms with Gasteiger partial charge in [-0.15, -0.1) is 10.2 Å². The number of nitrogens with one attached hydrogen (secondary N) is 1. The minimum absolute atomic E-state index is 0.224. The quantitative estimate of drug-likeness (QED) is 0.0894. The third-order valence-electron chi connectivity index (χ3n) is 10.0. The summed E-state index contributed by atoms with van der Waals surface area (Å²) in [5.74, 6) is 1.42. The predicted octanol–water partition coefficient (Wildman–Crippen LogP) is 4.88. The number of anilines is 2. The Morgan fingerprint density at radius 3 is 2.08 bits per heavy atom. The first-order valence-corrected chi connectivity index (χ1v) is 20.9. The Labute approximate surface area is 351 Å². The molecule has 0 amide bonds. The van der Waals surface area contributed by atoms with Crippen LogP contribution in [0.4, 0.5) is 11.6 Å². The number of methoxy groups -OCH3 is 1. The van der Waals surface area contributed by atoms with Crippen molar-refractivity contribution in [3.05, 3.63) is 48.1 Å². The molecule has 0 spiro atoms. The monoisotopic (exact) mass is 842 g/mol. The van der Waals surface area contributed by atoms with Crippen molar-refractivity contribution in [2.45, 2.75) is 83.4 Å². The molecule has 19 heteroatoms. The number of hydrogen-bond donors (Lipinski definition) is 1. The highest BCUT2D eigenvalue weighted by molar-refractivity contribution is 6.32. The average molecular weight is 843 g/mol. The molecule has 4 aromatic rings. The molecular formula is C40H59ClN10O8. The van der Waals surface area contributed by atoms with Crippen molar-refractivity contribution >= 4 is 23.2 Å². The van der Waals surface area contributed by atoms with E-state index in [2.05, 4.69) is 49.6 Å². The molecule has 3 aromatic heterocycles. The smallest absolute Gasteiger partial charge is 0.257 e. The highest BCUT2D eigenvalue weighted by Crippen LogP contribution is 2.36. The summed E-state index contributed by atoms with van der Waals surface area (Å²) in [5, 5.41) is 20.0. The van der Waals surface area contributed by atoms with Crippen LogP contribution in [-0.4, -0.2) is 155 Å². The molecule has 1 aliphatic heterocycles. The molecule has 1 aliphatic carbocycles. The summed E-state index contributed by atoms with van der Waals surface area (Å²) in [6, 6.07) is 6.39. The van der Waals surface area contributed by atoms with Crippen LogP contribution in [0.15, 0.2) is 43.1 Å². The summed E-state index contributed by atoms with van der Waals surface area (Å²) in [5.41, 5.74) is 2.34. The van der Waals surface area contributed by atoms with Gasteiger partial charge >= 0.3 is 0 Å². The lowest BCUT2D eigenvalue weighted by molar-refractivity contribution is -0.0852. The maximum absolute atomic E-state index is 6.50. The molecule has 1 saturated heterocycles. The maximum atomic E-state index is 6.50. The Bertz CT molecular complexity index is 1770. The van der Waals surface area contributed by atoms with Crippen LogP contribution in [0.5, 0.6) is 11.6 Å². The average Bonchev–Trinajstić information content (AvgIpc) is 3.90. The third-order valence-corrected chi connectivity index (χ3v) is 10.4. The highest BCUT2D eigenvalue weighted by Gasteiger charge is 2.32. The molecule has 1 N–H and O–H groups in total.